The molecule has 0 aromatic carbocycles. The predicted molar refractivity (Wildman–Crippen MR) is 96.6 cm³/mol. The molecule has 4 saturated carbocycles. The molecule has 26 heavy (non-hydrogen) atoms. The highest BCUT2D eigenvalue weighted by atomic mass is 16.3. The summed E-state index contributed by atoms with van der Waals surface area (Å²) in [6.07, 6.45) is 13.4. The van der Waals surface area contributed by atoms with Crippen LogP contribution in [-0.2, 0) is 11.0 Å². The van der Waals surface area contributed by atoms with E-state index in [4.69, 9.17) is 15.1 Å². The molecule has 4 aliphatic carbocycles. The molecule has 0 spiro atoms. The number of nitrogens with zero attached hydrogens (tertiary/aromatic N) is 4. The number of pyridine rings is 1. The first-order valence-corrected chi connectivity index (χ1v) is 9.30. The fourth-order valence-electron chi connectivity index (χ4n) is 5.00. The number of hydrogen-bond donors (Lipinski definition) is 1. The molecule has 2 N–H and O–H groups in total. The van der Waals surface area contributed by atoms with E-state index >= 15 is 0 Å². The first kappa shape index (κ1) is 14.5. The lowest BCUT2D eigenvalue weighted by Crippen LogP contribution is -2.70. The van der Waals surface area contributed by atoms with Gasteiger partial charge in [0.05, 0.1) is 11.9 Å². The van der Waals surface area contributed by atoms with Crippen molar-refractivity contribution in [1.82, 2.24) is 19.5 Å². The van der Waals surface area contributed by atoms with Crippen molar-refractivity contribution in [1.29, 1.82) is 0 Å². The number of oxazole rings is 1. The highest BCUT2D eigenvalue weighted by molar-refractivity contribution is 5.61. The number of rotatable bonds is 4. The minimum atomic E-state index is 0.209. The van der Waals surface area contributed by atoms with Crippen LogP contribution in [0.15, 0.2) is 35.5 Å². The molecule has 0 amide bonds. The van der Waals surface area contributed by atoms with Crippen LogP contribution < -0.4 is 5.73 Å². The molecule has 0 saturated heterocycles. The van der Waals surface area contributed by atoms with Crippen LogP contribution in [0.1, 0.15) is 55.2 Å². The summed E-state index contributed by atoms with van der Waals surface area (Å²) in [5.41, 5.74) is 9.37. The smallest absolute Gasteiger partial charge is 0.180 e. The van der Waals surface area contributed by atoms with E-state index in [-0.39, 0.29) is 11.0 Å². The Hall–Kier alpha value is -2.63. The average Bonchev–Trinajstić information content (AvgIpc) is 3.07. The summed E-state index contributed by atoms with van der Waals surface area (Å²) in [5.74, 6) is 3.50. The van der Waals surface area contributed by atoms with E-state index in [9.17, 15) is 0 Å². The van der Waals surface area contributed by atoms with Crippen molar-refractivity contribution >= 4 is 5.82 Å². The highest BCUT2D eigenvalue weighted by Crippen LogP contribution is 2.72. The summed E-state index contributed by atoms with van der Waals surface area (Å²) in [6.45, 7) is 1.99. The van der Waals surface area contributed by atoms with Crippen molar-refractivity contribution in [2.45, 2.75) is 55.9 Å². The zero-order valence-electron chi connectivity index (χ0n) is 14.8. The first-order valence-electron chi connectivity index (χ1n) is 9.30. The number of nitrogens with two attached hydrogens (primary N) is 1. The normalized spacial score (nSPS) is 29.3. The van der Waals surface area contributed by atoms with E-state index in [2.05, 4.69) is 26.8 Å². The Labute approximate surface area is 151 Å². The molecule has 3 heterocycles. The number of aromatic nitrogens is 4. The van der Waals surface area contributed by atoms with E-state index in [1.54, 1.807) is 6.39 Å². The van der Waals surface area contributed by atoms with Gasteiger partial charge < -0.3 is 14.7 Å². The molecule has 132 valence electrons. The molecule has 6 heteroatoms. The minimum Gasteiger partial charge on any atom is -0.448 e. The minimum absolute atomic E-state index is 0.209. The largest absolute Gasteiger partial charge is 0.448 e. The lowest BCUT2D eigenvalue weighted by molar-refractivity contribution is -0.136. The van der Waals surface area contributed by atoms with Crippen LogP contribution in [0.2, 0.25) is 0 Å². The Morgan fingerprint density at radius 1 is 1.23 bits per heavy atom. The molecule has 4 aliphatic rings. The van der Waals surface area contributed by atoms with Gasteiger partial charge in [0.25, 0.3) is 0 Å². The lowest BCUT2D eigenvalue weighted by atomic mass is 9.38. The second-order valence-electron chi connectivity index (χ2n) is 8.46. The Kier molecular flexibility index (Phi) is 2.54. The molecule has 3 aromatic heterocycles. The van der Waals surface area contributed by atoms with Crippen LogP contribution in [0, 0.1) is 6.92 Å². The first-order chi connectivity index (χ1) is 12.6. The van der Waals surface area contributed by atoms with Gasteiger partial charge in [0.15, 0.2) is 6.39 Å². The number of imidazole rings is 1. The van der Waals surface area contributed by atoms with Gasteiger partial charge >= 0.3 is 0 Å². The van der Waals surface area contributed by atoms with Gasteiger partial charge in [-0.15, -0.1) is 0 Å². The van der Waals surface area contributed by atoms with Crippen LogP contribution in [0.3, 0.4) is 0 Å². The third-order valence-corrected chi connectivity index (χ3v) is 6.56. The van der Waals surface area contributed by atoms with Crippen LogP contribution in [0.5, 0.6) is 0 Å². The highest BCUT2D eigenvalue weighted by Gasteiger charge is 2.71. The fraction of sp³-hybridized carbons (Fsp3) is 0.450. The third kappa shape index (κ3) is 1.79. The number of anilines is 1. The fourth-order valence-corrected chi connectivity index (χ4v) is 5.00. The molecule has 0 radical (unpaired) electrons. The van der Waals surface area contributed by atoms with Gasteiger partial charge in [0.2, 0.25) is 0 Å². The number of aryl methyl sites for hydroxylation is 1. The van der Waals surface area contributed by atoms with Crippen molar-refractivity contribution < 1.29 is 4.42 Å². The molecule has 3 aromatic rings. The van der Waals surface area contributed by atoms with Crippen molar-refractivity contribution in [2.24, 2.45) is 0 Å². The summed E-state index contributed by atoms with van der Waals surface area (Å²) in [4.78, 5) is 13.4. The maximum Gasteiger partial charge on any atom is 0.180 e. The molecule has 7 rings (SSSR count). The van der Waals surface area contributed by atoms with Gasteiger partial charge in [-0.05, 0) is 50.7 Å². The summed E-state index contributed by atoms with van der Waals surface area (Å²) in [5, 5.41) is 0. The second kappa shape index (κ2) is 4.55. The van der Waals surface area contributed by atoms with Crippen LogP contribution >= 0.6 is 0 Å². The zero-order chi connectivity index (χ0) is 17.5. The standard InChI is InChI=1S/C20H21N5O/c1-12-4-14(5-23-17(12)21)15-7-25(18(24-15)13-2-3-13)20-8-19(9-20,10-20)16-6-22-11-26-16/h4-7,11,13H,2-3,8-10H2,1H3,(H2,21,23). The van der Waals surface area contributed by atoms with Crippen molar-refractivity contribution in [3.8, 4) is 11.3 Å². The molecule has 0 unspecified atom stereocenters. The van der Waals surface area contributed by atoms with Gasteiger partial charge in [0, 0.05) is 34.8 Å². The monoisotopic (exact) mass is 347 g/mol. The number of nitrogen functional groups attached to an aromatic ring is 1. The molecular weight excluding hydrogens is 326 g/mol. The predicted octanol–water partition coefficient (Wildman–Crippen LogP) is 3.53. The van der Waals surface area contributed by atoms with E-state index in [1.807, 2.05) is 19.3 Å². The quantitative estimate of drug-likeness (QED) is 0.780. The Morgan fingerprint density at radius 3 is 2.69 bits per heavy atom. The van der Waals surface area contributed by atoms with Gasteiger partial charge in [-0.25, -0.2) is 15.0 Å². The Balaban J connectivity index is 1.37. The summed E-state index contributed by atoms with van der Waals surface area (Å²) in [6, 6.07) is 2.09. The molecule has 0 aliphatic heterocycles. The lowest BCUT2D eigenvalue weighted by Gasteiger charge is -2.70. The van der Waals surface area contributed by atoms with Gasteiger partial charge in [-0.2, -0.15) is 0 Å². The van der Waals surface area contributed by atoms with Gasteiger partial charge in [0.1, 0.15) is 17.4 Å². The Morgan fingerprint density at radius 2 is 2.04 bits per heavy atom. The van der Waals surface area contributed by atoms with Crippen molar-refractivity contribution in [3.05, 3.63) is 48.2 Å². The van der Waals surface area contributed by atoms with Crippen molar-refractivity contribution in [3.63, 3.8) is 0 Å². The van der Waals surface area contributed by atoms with Crippen LogP contribution in [-0.4, -0.2) is 19.5 Å². The van der Waals surface area contributed by atoms with E-state index in [0.29, 0.717) is 11.7 Å². The third-order valence-electron chi connectivity index (χ3n) is 6.56. The summed E-state index contributed by atoms with van der Waals surface area (Å²) in [7, 11) is 0. The molecular formula is C20H21N5O. The van der Waals surface area contributed by atoms with Crippen molar-refractivity contribution in [2.75, 3.05) is 5.73 Å². The zero-order valence-corrected chi connectivity index (χ0v) is 14.8. The van der Waals surface area contributed by atoms with Crippen LogP contribution in [0.4, 0.5) is 5.82 Å². The average molecular weight is 347 g/mol. The maximum atomic E-state index is 5.88. The SMILES string of the molecule is Cc1cc(-c2cn(C34CC(c5cnco5)(C3)C4)c(C3CC3)n2)cnc1N. The van der Waals surface area contributed by atoms with Gasteiger partial charge in [-0.3, -0.25) is 0 Å². The maximum absolute atomic E-state index is 5.88. The number of hydrogen-bond acceptors (Lipinski definition) is 5. The molecule has 0 atom stereocenters. The Bertz CT molecular complexity index is 995. The van der Waals surface area contributed by atoms with Gasteiger partial charge in [-0.1, -0.05) is 0 Å². The molecule has 2 bridgehead atoms. The van der Waals surface area contributed by atoms with Crippen LogP contribution in [0.25, 0.3) is 11.3 Å². The summed E-state index contributed by atoms with van der Waals surface area (Å²) >= 11 is 0. The molecule has 6 nitrogen and oxygen atoms in total. The summed E-state index contributed by atoms with van der Waals surface area (Å²) < 4.78 is 8.07. The topological polar surface area (TPSA) is 82.8 Å². The second-order valence-corrected chi connectivity index (χ2v) is 8.46. The van der Waals surface area contributed by atoms with E-state index in [1.165, 1.54) is 18.7 Å². The van der Waals surface area contributed by atoms with E-state index < -0.39 is 0 Å². The van der Waals surface area contributed by atoms with E-state index in [0.717, 1.165) is 41.8 Å². The molecule has 4 fully saturated rings.